The predicted molar refractivity (Wildman–Crippen MR) is 77.6 cm³/mol. The molecule has 0 radical (unpaired) electrons. The topological polar surface area (TPSA) is 47.6 Å². The Hall–Kier alpha value is -1.39. The van der Waals surface area contributed by atoms with E-state index in [0.29, 0.717) is 6.54 Å². The summed E-state index contributed by atoms with van der Waals surface area (Å²) in [5, 5.41) is 3.28. The van der Waals surface area contributed by atoms with E-state index in [9.17, 15) is 4.79 Å². The first kappa shape index (κ1) is 15.0. The standard InChI is InChI=1S/C16H23NO3/c1-11-6-7-13(9-12(11)2)15(16(18)19-3)17-10-14-5-4-8-20-14/h6-7,9,14-15,17H,4-5,8,10H2,1-3H3. The number of esters is 1. The van der Waals surface area contributed by atoms with Crippen molar-refractivity contribution in [1.82, 2.24) is 5.32 Å². The lowest BCUT2D eigenvalue weighted by Crippen LogP contribution is -2.35. The zero-order valence-corrected chi connectivity index (χ0v) is 12.4. The highest BCUT2D eigenvalue weighted by molar-refractivity contribution is 5.77. The number of aryl methyl sites for hydroxylation is 2. The molecule has 0 spiro atoms. The number of methoxy groups -OCH3 is 1. The average Bonchev–Trinajstić information content (AvgIpc) is 2.95. The van der Waals surface area contributed by atoms with Gasteiger partial charge in [0, 0.05) is 13.2 Å². The zero-order chi connectivity index (χ0) is 14.5. The lowest BCUT2D eigenvalue weighted by atomic mass is 10.0. The third kappa shape index (κ3) is 3.58. The first-order chi connectivity index (χ1) is 9.61. The van der Waals surface area contributed by atoms with Crippen molar-refractivity contribution in [3.8, 4) is 0 Å². The summed E-state index contributed by atoms with van der Waals surface area (Å²) in [6.07, 6.45) is 2.35. The van der Waals surface area contributed by atoms with Gasteiger partial charge in [0.25, 0.3) is 0 Å². The molecule has 1 N–H and O–H groups in total. The van der Waals surface area contributed by atoms with Gasteiger partial charge in [0.05, 0.1) is 13.2 Å². The maximum atomic E-state index is 12.0. The number of nitrogens with one attached hydrogen (secondary N) is 1. The molecule has 4 heteroatoms. The maximum Gasteiger partial charge on any atom is 0.327 e. The van der Waals surface area contributed by atoms with Gasteiger partial charge in [-0.2, -0.15) is 0 Å². The second-order valence-electron chi connectivity index (χ2n) is 5.34. The van der Waals surface area contributed by atoms with E-state index in [0.717, 1.165) is 25.0 Å². The third-order valence-electron chi connectivity index (χ3n) is 3.87. The second-order valence-corrected chi connectivity index (χ2v) is 5.34. The van der Waals surface area contributed by atoms with Gasteiger partial charge in [-0.05, 0) is 43.4 Å². The summed E-state index contributed by atoms with van der Waals surface area (Å²) in [4.78, 5) is 12.0. The van der Waals surface area contributed by atoms with Crippen molar-refractivity contribution in [1.29, 1.82) is 0 Å². The summed E-state index contributed by atoms with van der Waals surface area (Å²) in [7, 11) is 1.42. The van der Waals surface area contributed by atoms with Gasteiger partial charge in [-0.25, -0.2) is 4.79 Å². The van der Waals surface area contributed by atoms with Crippen LogP contribution in [0.1, 0.15) is 35.6 Å². The zero-order valence-electron chi connectivity index (χ0n) is 12.4. The molecule has 1 heterocycles. The monoisotopic (exact) mass is 277 g/mol. The highest BCUT2D eigenvalue weighted by atomic mass is 16.5. The molecule has 1 aromatic carbocycles. The van der Waals surface area contributed by atoms with Crippen molar-refractivity contribution in [2.24, 2.45) is 0 Å². The maximum absolute atomic E-state index is 12.0. The van der Waals surface area contributed by atoms with Gasteiger partial charge in [-0.1, -0.05) is 18.2 Å². The molecule has 0 bridgehead atoms. The van der Waals surface area contributed by atoms with Gasteiger partial charge in [-0.15, -0.1) is 0 Å². The highest BCUT2D eigenvalue weighted by Gasteiger charge is 2.24. The number of ether oxygens (including phenoxy) is 2. The molecule has 2 atom stereocenters. The Labute approximate surface area is 120 Å². The smallest absolute Gasteiger partial charge is 0.327 e. The Kier molecular flexibility index (Phi) is 5.15. The normalized spacial score (nSPS) is 19.9. The minimum absolute atomic E-state index is 0.203. The molecule has 2 unspecified atom stereocenters. The van der Waals surface area contributed by atoms with Crippen LogP contribution in [0.3, 0.4) is 0 Å². The van der Waals surface area contributed by atoms with Crippen LogP contribution in [0.15, 0.2) is 18.2 Å². The molecule has 0 aliphatic carbocycles. The summed E-state index contributed by atoms with van der Waals surface area (Å²) in [6, 6.07) is 5.63. The van der Waals surface area contributed by atoms with Crippen molar-refractivity contribution < 1.29 is 14.3 Å². The molecule has 4 nitrogen and oxygen atoms in total. The average molecular weight is 277 g/mol. The second kappa shape index (κ2) is 6.86. The van der Waals surface area contributed by atoms with Gasteiger partial charge in [0.15, 0.2) is 0 Å². The molecule has 20 heavy (non-hydrogen) atoms. The van der Waals surface area contributed by atoms with Crippen molar-refractivity contribution in [3.05, 3.63) is 34.9 Å². The summed E-state index contributed by atoms with van der Waals surface area (Å²) >= 11 is 0. The van der Waals surface area contributed by atoms with Crippen LogP contribution in [0, 0.1) is 13.8 Å². The Morgan fingerprint density at radius 3 is 2.85 bits per heavy atom. The van der Waals surface area contributed by atoms with Crippen LogP contribution in [0.2, 0.25) is 0 Å². The van der Waals surface area contributed by atoms with E-state index in [1.807, 2.05) is 25.1 Å². The number of benzene rings is 1. The van der Waals surface area contributed by atoms with Crippen molar-refractivity contribution in [2.45, 2.75) is 38.8 Å². The third-order valence-corrected chi connectivity index (χ3v) is 3.87. The van der Waals surface area contributed by atoms with Crippen LogP contribution in [0.4, 0.5) is 0 Å². The largest absolute Gasteiger partial charge is 0.468 e. The van der Waals surface area contributed by atoms with E-state index in [2.05, 4.69) is 12.2 Å². The molecular formula is C16H23NO3. The SMILES string of the molecule is COC(=O)C(NCC1CCCO1)c1ccc(C)c(C)c1. The minimum atomic E-state index is -0.427. The molecular weight excluding hydrogens is 254 g/mol. The van der Waals surface area contributed by atoms with E-state index >= 15 is 0 Å². The van der Waals surface area contributed by atoms with Gasteiger partial charge < -0.3 is 9.47 Å². The molecule has 1 fully saturated rings. The number of rotatable bonds is 5. The fourth-order valence-electron chi connectivity index (χ4n) is 2.45. The molecule has 0 amide bonds. The van der Waals surface area contributed by atoms with E-state index < -0.39 is 6.04 Å². The summed E-state index contributed by atoms with van der Waals surface area (Å²) in [5.41, 5.74) is 3.34. The first-order valence-electron chi connectivity index (χ1n) is 7.11. The summed E-state index contributed by atoms with van der Waals surface area (Å²) in [5.74, 6) is -0.258. The minimum Gasteiger partial charge on any atom is -0.468 e. The van der Waals surface area contributed by atoms with E-state index in [-0.39, 0.29) is 12.1 Å². The van der Waals surface area contributed by atoms with Gasteiger partial charge in [0.2, 0.25) is 0 Å². The Bertz CT molecular complexity index is 467. The van der Waals surface area contributed by atoms with E-state index in [4.69, 9.17) is 9.47 Å². The molecule has 110 valence electrons. The van der Waals surface area contributed by atoms with Crippen LogP contribution in [-0.4, -0.2) is 32.3 Å². The van der Waals surface area contributed by atoms with Gasteiger partial charge in [-0.3, -0.25) is 5.32 Å². The molecule has 1 aliphatic rings. The number of carbonyl (C=O) groups is 1. The molecule has 2 rings (SSSR count). The molecule has 0 aromatic heterocycles. The van der Waals surface area contributed by atoms with Crippen LogP contribution in [-0.2, 0) is 14.3 Å². The van der Waals surface area contributed by atoms with Crippen LogP contribution >= 0.6 is 0 Å². The predicted octanol–water partition coefficient (Wildman–Crippen LogP) is 2.29. The molecule has 1 aliphatic heterocycles. The number of hydrogen-bond acceptors (Lipinski definition) is 4. The molecule has 1 saturated heterocycles. The number of hydrogen-bond donors (Lipinski definition) is 1. The quantitative estimate of drug-likeness (QED) is 0.839. The van der Waals surface area contributed by atoms with Crippen LogP contribution in [0.25, 0.3) is 0 Å². The lowest BCUT2D eigenvalue weighted by molar-refractivity contribution is -0.143. The lowest BCUT2D eigenvalue weighted by Gasteiger charge is -2.20. The first-order valence-corrected chi connectivity index (χ1v) is 7.11. The molecule has 0 saturated carbocycles. The Morgan fingerprint density at radius 2 is 2.25 bits per heavy atom. The van der Waals surface area contributed by atoms with E-state index in [1.165, 1.54) is 18.2 Å². The fourth-order valence-corrected chi connectivity index (χ4v) is 2.45. The van der Waals surface area contributed by atoms with Gasteiger partial charge >= 0.3 is 5.97 Å². The van der Waals surface area contributed by atoms with Crippen molar-refractivity contribution in [3.63, 3.8) is 0 Å². The molecule has 1 aromatic rings. The van der Waals surface area contributed by atoms with Gasteiger partial charge in [0.1, 0.15) is 6.04 Å². The van der Waals surface area contributed by atoms with Crippen LogP contribution < -0.4 is 5.32 Å². The fraction of sp³-hybridized carbons (Fsp3) is 0.562. The van der Waals surface area contributed by atoms with Crippen molar-refractivity contribution >= 4 is 5.97 Å². The van der Waals surface area contributed by atoms with E-state index in [1.54, 1.807) is 0 Å². The highest BCUT2D eigenvalue weighted by Crippen LogP contribution is 2.19. The summed E-state index contributed by atoms with van der Waals surface area (Å²) < 4.78 is 10.5. The Balaban J connectivity index is 2.09. The number of carbonyl (C=O) groups excluding carboxylic acids is 1. The Morgan fingerprint density at radius 1 is 1.45 bits per heavy atom. The van der Waals surface area contributed by atoms with Crippen LogP contribution in [0.5, 0.6) is 0 Å². The van der Waals surface area contributed by atoms with Crippen molar-refractivity contribution in [2.75, 3.05) is 20.3 Å². The summed E-state index contributed by atoms with van der Waals surface area (Å²) in [6.45, 7) is 5.60.